The van der Waals surface area contributed by atoms with Crippen LogP contribution in [0.25, 0.3) is 0 Å². The first kappa shape index (κ1) is 9.29. The highest BCUT2D eigenvalue weighted by Crippen LogP contribution is 2.37. The summed E-state index contributed by atoms with van der Waals surface area (Å²) in [5.41, 5.74) is -1.11. The third-order valence-electron chi connectivity index (χ3n) is 3.07. The van der Waals surface area contributed by atoms with Crippen molar-refractivity contribution in [3.05, 3.63) is 12.2 Å². The predicted molar refractivity (Wildman–Crippen MR) is 46.6 cm³/mol. The van der Waals surface area contributed by atoms with Crippen LogP contribution in [0, 0.1) is 0 Å². The summed E-state index contributed by atoms with van der Waals surface area (Å²) in [6, 6.07) is 0. The van der Waals surface area contributed by atoms with Gasteiger partial charge in [-0.2, -0.15) is 0 Å². The van der Waals surface area contributed by atoms with Gasteiger partial charge in [-0.05, 0) is 6.08 Å². The lowest BCUT2D eigenvalue weighted by Crippen LogP contribution is -2.59. The van der Waals surface area contributed by atoms with Gasteiger partial charge in [-0.1, -0.05) is 0 Å². The van der Waals surface area contributed by atoms with E-state index in [1.54, 1.807) is 0 Å². The fraction of sp³-hybridized carbons (Fsp3) is 0.667. The molecule has 3 N–H and O–H groups in total. The van der Waals surface area contributed by atoms with Crippen molar-refractivity contribution < 1.29 is 24.5 Å². The molecule has 15 heavy (non-hydrogen) atoms. The Morgan fingerprint density at radius 1 is 1.47 bits per heavy atom. The second kappa shape index (κ2) is 2.79. The number of nitrogens with one attached hydrogen (secondary N) is 1. The SMILES string of the molecule is O=C1C=C[C@@]2(N1)OC[C@H]1O[C@@H]2[C@H](O)[C@@H]1O. The topological polar surface area (TPSA) is 88.0 Å². The van der Waals surface area contributed by atoms with Gasteiger partial charge in [0.25, 0.3) is 0 Å². The molecule has 5 atom stereocenters. The first-order chi connectivity index (χ1) is 7.12. The number of aliphatic hydroxyl groups is 2. The van der Waals surface area contributed by atoms with Gasteiger partial charge < -0.3 is 25.0 Å². The summed E-state index contributed by atoms with van der Waals surface area (Å²) >= 11 is 0. The van der Waals surface area contributed by atoms with E-state index in [9.17, 15) is 15.0 Å². The molecule has 0 aliphatic carbocycles. The van der Waals surface area contributed by atoms with Gasteiger partial charge in [0.15, 0.2) is 5.72 Å². The van der Waals surface area contributed by atoms with E-state index in [0.717, 1.165) is 0 Å². The minimum absolute atomic E-state index is 0.152. The minimum Gasteiger partial charge on any atom is -0.387 e. The normalized spacial score (nSPS) is 52.5. The van der Waals surface area contributed by atoms with E-state index < -0.39 is 30.1 Å². The Labute approximate surface area is 85.5 Å². The number of hydrogen-bond acceptors (Lipinski definition) is 5. The van der Waals surface area contributed by atoms with E-state index in [1.165, 1.54) is 12.2 Å². The Bertz CT molecular complexity index is 343. The largest absolute Gasteiger partial charge is 0.387 e. The van der Waals surface area contributed by atoms with E-state index in [2.05, 4.69) is 5.32 Å². The third kappa shape index (κ3) is 1.10. The van der Waals surface area contributed by atoms with Crippen molar-refractivity contribution in [2.75, 3.05) is 6.61 Å². The predicted octanol–water partition coefficient (Wildman–Crippen LogP) is -2.11. The van der Waals surface area contributed by atoms with Gasteiger partial charge in [-0.3, -0.25) is 4.79 Å². The van der Waals surface area contributed by atoms with Gasteiger partial charge in [0.05, 0.1) is 6.61 Å². The second-order valence-electron chi connectivity index (χ2n) is 4.00. The molecule has 0 aromatic heterocycles. The molecule has 0 aromatic rings. The van der Waals surface area contributed by atoms with Crippen LogP contribution in [0.2, 0.25) is 0 Å². The highest BCUT2D eigenvalue weighted by molar-refractivity contribution is 5.91. The van der Waals surface area contributed by atoms with E-state index >= 15 is 0 Å². The molecule has 3 rings (SSSR count). The Morgan fingerprint density at radius 3 is 2.93 bits per heavy atom. The standard InChI is InChI=1S/C9H11NO5/c11-5-1-2-9(10-5)8-7(13)6(12)4(15-8)3-14-9/h1-2,4,6-8,12-13H,3H2,(H,10,11)/t4-,6-,7-,8-,9-/m1/s1. The first-order valence-corrected chi connectivity index (χ1v) is 4.79. The molecule has 1 amide bonds. The smallest absolute Gasteiger partial charge is 0.246 e. The first-order valence-electron chi connectivity index (χ1n) is 4.79. The Hall–Kier alpha value is -0.950. The van der Waals surface area contributed by atoms with Crippen molar-refractivity contribution in [2.45, 2.75) is 30.1 Å². The molecule has 0 saturated carbocycles. The van der Waals surface area contributed by atoms with Crippen LogP contribution in [0.1, 0.15) is 0 Å². The van der Waals surface area contributed by atoms with Crippen molar-refractivity contribution >= 4 is 5.91 Å². The lowest BCUT2D eigenvalue weighted by molar-refractivity contribution is -0.207. The number of fused-ring (bicyclic) bond motifs is 3. The highest BCUT2D eigenvalue weighted by Gasteiger charge is 2.59. The van der Waals surface area contributed by atoms with Gasteiger partial charge in [0, 0.05) is 6.08 Å². The fourth-order valence-corrected chi connectivity index (χ4v) is 2.27. The van der Waals surface area contributed by atoms with Gasteiger partial charge in [0.2, 0.25) is 5.91 Å². The number of amides is 1. The molecule has 6 nitrogen and oxygen atoms in total. The zero-order chi connectivity index (χ0) is 10.6. The quantitative estimate of drug-likeness (QED) is 0.428. The molecule has 3 heterocycles. The summed E-state index contributed by atoms with van der Waals surface area (Å²) in [5.74, 6) is -0.286. The van der Waals surface area contributed by atoms with Crippen molar-refractivity contribution in [3.63, 3.8) is 0 Å². The van der Waals surface area contributed by atoms with Crippen LogP contribution < -0.4 is 5.32 Å². The van der Waals surface area contributed by atoms with E-state index in [-0.39, 0.29) is 12.5 Å². The number of aliphatic hydroxyl groups excluding tert-OH is 2. The monoisotopic (exact) mass is 213 g/mol. The van der Waals surface area contributed by atoms with Crippen LogP contribution in [0.15, 0.2) is 12.2 Å². The molecule has 82 valence electrons. The maximum atomic E-state index is 11.1. The Balaban J connectivity index is 1.94. The average molecular weight is 213 g/mol. The molecule has 0 aromatic carbocycles. The zero-order valence-corrected chi connectivity index (χ0v) is 7.79. The van der Waals surface area contributed by atoms with Gasteiger partial charge in [-0.25, -0.2) is 0 Å². The number of carbonyl (C=O) groups excluding carboxylic acids is 1. The third-order valence-corrected chi connectivity index (χ3v) is 3.07. The Kier molecular flexibility index (Phi) is 1.73. The second-order valence-corrected chi connectivity index (χ2v) is 4.00. The molecule has 0 unspecified atom stereocenters. The number of ether oxygens (including phenoxy) is 2. The van der Waals surface area contributed by atoms with E-state index in [1.807, 2.05) is 0 Å². The van der Waals surface area contributed by atoms with Crippen LogP contribution in [-0.2, 0) is 14.3 Å². The zero-order valence-electron chi connectivity index (χ0n) is 7.79. The van der Waals surface area contributed by atoms with Crippen molar-refractivity contribution in [2.24, 2.45) is 0 Å². The number of hydrogen-bond donors (Lipinski definition) is 3. The van der Waals surface area contributed by atoms with Gasteiger partial charge in [-0.15, -0.1) is 0 Å². The fourth-order valence-electron chi connectivity index (χ4n) is 2.27. The summed E-state index contributed by atoms with van der Waals surface area (Å²) in [4.78, 5) is 11.1. The van der Waals surface area contributed by atoms with E-state index in [4.69, 9.17) is 9.47 Å². The summed E-state index contributed by atoms with van der Waals surface area (Å²) in [6.07, 6.45) is -0.394. The molecule has 1 spiro atoms. The lowest BCUT2D eigenvalue weighted by Gasteiger charge is -2.38. The summed E-state index contributed by atoms with van der Waals surface area (Å²) < 4.78 is 10.9. The molecule has 3 aliphatic rings. The number of rotatable bonds is 0. The number of carbonyl (C=O) groups is 1. The summed E-state index contributed by atoms with van der Waals surface area (Å²) in [5, 5.41) is 21.9. The van der Waals surface area contributed by atoms with Crippen molar-refractivity contribution in [1.82, 2.24) is 5.32 Å². The van der Waals surface area contributed by atoms with Crippen molar-refractivity contribution in [1.29, 1.82) is 0 Å². The minimum atomic E-state index is -1.11. The molecular weight excluding hydrogens is 202 g/mol. The summed E-state index contributed by atoms with van der Waals surface area (Å²) in [6.45, 7) is 0.152. The highest BCUT2D eigenvalue weighted by atomic mass is 16.6. The van der Waals surface area contributed by atoms with Crippen molar-refractivity contribution in [3.8, 4) is 0 Å². The molecule has 3 aliphatic heterocycles. The lowest BCUT2D eigenvalue weighted by atomic mass is 10.0. The van der Waals surface area contributed by atoms with Crippen LogP contribution in [0.3, 0.4) is 0 Å². The van der Waals surface area contributed by atoms with Crippen LogP contribution in [-0.4, -0.2) is 52.9 Å². The van der Waals surface area contributed by atoms with Crippen LogP contribution in [0.4, 0.5) is 0 Å². The maximum absolute atomic E-state index is 11.1. The molecule has 6 heteroatoms. The molecule has 2 saturated heterocycles. The average Bonchev–Trinajstić information content (AvgIpc) is 2.69. The summed E-state index contributed by atoms with van der Waals surface area (Å²) in [7, 11) is 0. The molecule has 2 fully saturated rings. The van der Waals surface area contributed by atoms with Gasteiger partial charge >= 0.3 is 0 Å². The van der Waals surface area contributed by atoms with Crippen LogP contribution >= 0.6 is 0 Å². The molecule has 0 radical (unpaired) electrons. The van der Waals surface area contributed by atoms with Crippen LogP contribution in [0.5, 0.6) is 0 Å². The van der Waals surface area contributed by atoms with Gasteiger partial charge in [0.1, 0.15) is 24.4 Å². The molecule has 2 bridgehead atoms. The Morgan fingerprint density at radius 2 is 2.27 bits per heavy atom. The maximum Gasteiger partial charge on any atom is 0.246 e. The molecular formula is C9H11NO5. The van der Waals surface area contributed by atoms with E-state index in [0.29, 0.717) is 0 Å².